The van der Waals surface area contributed by atoms with E-state index in [1.54, 1.807) is 6.20 Å². The molecule has 1 aromatic heterocycles. The summed E-state index contributed by atoms with van der Waals surface area (Å²) < 4.78 is 0. The van der Waals surface area contributed by atoms with Crippen molar-refractivity contribution in [1.82, 2.24) is 15.2 Å². The summed E-state index contributed by atoms with van der Waals surface area (Å²) in [7, 11) is 2.00. The summed E-state index contributed by atoms with van der Waals surface area (Å²) in [5.41, 5.74) is 0.781. The predicted octanol–water partition coefficient (Wildman–Crippen LogP) is 2.99. The maximum atomic E-state index is 12.9. The first-order valence-corrected chi connectivity index (χ1v) is 8.93. The Hall–Kier alpha value is -1.04. The van der Waals surface area contributed by atoms with Gasteiger partial charge in [0.1, 0.15) is 5.82 Å². The van der Waals surface area contributed by atoms with Crippen molar-refractivity contribution < 1.29 is 4.79 Å². The largest absolute Gasteiger partial charge is 0.356 e. The van der Waals surface area contributed by atoms with E-state index in [0.717, 1.165) is 62.9 Å². The van der Waals surface area contributed by atoms with Crippen LogP contribution in [0.25, 0.3) is 0 Å². The number of carbonyl (C=O) groups is 1. The molecule has 0 aliphatic carbocycles. The maximum absolute atomic E-state index is 12.9. The van der Waals surface area contributed by atoms with Crippen LogP contribution < -0.4 is 10.2 Å². The Morgan fingerprint density at radius 1 is 1.20 bits per heavy atom. The van der Waals surface area contributed by atoms with Crippen LogP contribution in [-0.4, -0.2) is 55.6 Å². The summed E-state index contributed by atoms with van der Waals surface area (Å²) >= 11 is 0. The molecule has 0 saturated carbocycles. The molecule has 2 aliphatic heterocycles. The number of hydrogen-bond donors (Lipinski definition) is 1. The molecule has 0 radical (unpaired) electrons. The molecule has 2 fully saturated rings. The second-order valence-corrected chi connectivity index (χ2v) is 6.70. The molecule has 0 atom stereocenters. The molecule has 1 amide bonds. The number of nitrogens with one attached hydrogen (secondary N) is 1. The molecule has 0 unspecified atom stereocenters. The topological polar surface area (TPSA) is 48.5 Å². The van der Waals surface area contributed by atoms with Crippen molar-refractivity contribution >= 4 is 36.5 Å². The zero-order valence-corrected chi connectivity index (χ0v) is 16.6. The Kier molecular flexibility index (Phi) is 9.54. The molecular formula is C18H30Cl2N4O. The Bertz CT molecular complexity index is 530. The third-order valence-corrected chi connectivity index (χ3v) is 5.13. The fourth-order valence-electron chi connectivity index (χ4n) is 3.69. The standard InChI is InChI=1S/C18H28N4O.2ClH/c1-19-10-6-15-7-13-22(14-8-15)18(23)16-5-4-9-20-17(16)21-11-2-3-12-21;;/h4-5,9,15,19H,2-3,6-8,10-14H2,1H3;2*1H. The summed E-state index contributed by atoms with van der Waals surface area (Å²) in [6.07, 6.45) is 7.64. The van der Waals surface area contributed by atoms with Crippen molar-refractivity contribution in [3.8, 4) is 0 Å². The average Bonchev–Trinajstić information content (AvgIpc) is 3.14. The highest BCUT2D eigenvalue weighted by atomic mass is 35.5. The number of anilines is 1. The minimum atomic E-state index is 0. The lowest BCUT2D eigenvalue weighted by Crippen LogP contribution is -2.39. The van der Waals surface area contributed by atoms with E-state index in [0.29, 0.717) is 0 Å². The second kappa shape index (κ2) is 10.8. The molecule has 1 aromatic rings. The van der Waals surface area contributed by atoms with Gasteiger partial charge in [0, 0.05) is 32.4 Å². The lowest BCUT2D eigenvalue weighted by atomic mass is 9.93. The van der Waals surface area contributed by atoms with E-state index >= 15 is 0 Å². The molecule has 142 valence electrons. The molecule has 2 aliphatic rings. The van der Waals surface area contributed by atoms with Crippen LogP contribution >= 0.6 is 24.8 Å². The van der Waals surface area contributed by atoms with Gasteiger partial charge in [0.05, 0.1) is 5.56 Å². The fraction of sp³-hybridized carbons (Fsp3) is 0.667. The van der Waals surface area contributed by atoms with Gasteiger partial charge in [-0.05, 0) is 63.7 Å². The van der Waals surface area contributed by atoms with Crippen molar-refractivity contribution in [1.29, 1.82) is 0 Å². The van der Waals surface area contributed by atoms with E-state index in [1.165, 1.54) is 19.3 Å². The highest BCUT2D eigenvalue weighted by Crippen LogP contribution is 2.26. The predicted molar refractivity (Wildman–Crippen MR) is 107 cm³/mol. The van der Waals surface area contributed by atoms with Crippen molar-refractivity contribution in [3.63, 3.8) is 0 Å². The minimum absolute atomic E-state index is 0. The van der Waals surface area contributed by atoms with Gasteiger partial charge in [-0.25, -0.2) is 4.98 Å². The number of aromatic nitrogens is 1. The molecule has 0 bridgehead atoms. The normalized spacial score (nSPS) is 17.8. The molecular weight excluding hydrogens is 359 g/mol. The molecule has 0 aromatic carbocycles. The molecule has 0 spiro atoms. The van der Waals surface area contributed by atoms with E-state index in [-0.39, 0.29) is 30.7 Å². The van der Waals surface area contributed by atoms with Gasteiger partial charge in [-0.15, -0.1) is 24.8 Å². The molecule has 3 rings (SSSR count). The molecule has 5 nitrogen and oxygen atoms in total. The van der Waals surface area contributed by atoms with Gasteiger partial charge in [0.15, 0.2) is 0 Å². The molecule has 3 heterocycles. The van der Waals surface area contributed by atoms with Gasteiger partial charge in [-0.2, -0.15) is 0 Å². The summed E-state index contributed by atoms with van der Waals surface area (Å²) in [6, 6.07) is 3.82. The minimum Gasteiger partial charge on any atom is -0.356 e. The maximum Gasteiger partial charge on any atom is 0.257 e. The van der Waals surface area contributed by atoms with Gasteiger partial charge in [-0.1, -0.05) is 0 Å². The number of likely N-dealkylation sites (tertiary alicyclic amines) is 1. The zero-order valence-electron chi connectivity index (χ0n) is 14.9. The Morgan fingerprint density at radius 2 is 1.88 bits per heavy atom. The van der Waals surface area contributed by atoms with E-state index in [4.69, 9.17) is 0 Å². The Labute approximate surface area is 163 Å². The van der Waals surface area contributed by atoms with Crippen molar-refractivity contribution in [2.45, 2.75) is 32.1 Å². The molecule has 7 heteroatoms. The van der Waals surface area contributed by atoms with Gasteiger partial charge in [0.2, 0.25) is 0 Å². The average molecular weight is 389 g/mol. The first kappa shape index (κ1) is 22.0. The van der Waals surface area contributed by atoms with Crippen LogP contribution in [0.2, 0.25) is 0 Å². The van der Waals surface area contributed by atoms with E-state index in [9.17, 15) is 4.79 Å². The Morgan fingerprint density at radius 3 is 2.52 bits per heavy atom. The van der Waals surface area contributed by atoms with Crippen LogP contribution in [0, 0.1) is 5.92 Å². The van der Waals surface area contributed by atoms with Crippen molar-refractivity contribution in [3.05, 3.63) is 23.9 Å². The fourth-order valence-corrected chi connectivity index (χ4v) is 3.69. The number of pyridine rings is 1. The van der Waals surface area contributed by atoms with Crippen LogP contribution in [0.4, 0.5) is 5.82 Å². The van der Waals surface area contributed by atoms with E-state index in [2.05, 4.69) is 15.2 Å². The quantitative estimate of drug-likeness (QED) is 0.841. The summed E-state index contributed by atoms with van der Waals surface area (Å²) in [5.74, 6) is 1.79. The summed E-state index contributed by atoms with van der Waals surface area (Å²) in [5, 5.41) is 3.22. The van der Waals surface area contributed by atoms with Crippen LogP contribution in [-0.2, 0) is 0 Å². The number of piperidine rings is 1. The third kappa shape index (κ3) is 5.47. The monoisotopic (exact) mass is 388 g/mol. The van der Waals surface area contributed by atoms with Crippen LogP contribution in [0.5, 0.6) is 0 Å². The van der Waals surface area contributed by atoms with Crippen LogP contribution in [0.3, 0.4) is 0 Å². The van der Waals surface area contributed by atoms with Crippen molar-refractivity contribution in [2.24, 2.45) is 5.92 Å². The van der Waals surface area contributed by atoms with Crippen LogP contribution in [0.15, 0.2) is 18.3 Å². The number of hydrogen-bond acceptors (Lipinski definition) is 4. The van der Waals surface area contributed by atoms with Gasteiger partial charge in [-0.3, -0.25) is 4.79 Å². The number of nitrogens with zero attached hydrogens (tertiary/aromatic N) is 3. The number of rotatable bonds is 5. The Balaban J connectivity index is 0.00000156. The lowest BCUT2D eigenvalue weighted by Gasteiger charge is -2.33. The molecule has 2 saturated heterocycles. The third-order valence-electron chi connectivity index (χ3n) is 5.13. The van der Waals surface area contributed by atoms with Gasteiger partial charge >= 0.3 is 0 Å². The highest BCUT2D eigenvalue weighted by Gasteiger charge is 2.27. The SMILES string of the molecule is CNCCC1CCN(C(=O)c2cccnc2N2CCCC2)CC1.Cl.Cl. The number of halogens is 2. The lowest BCUT2D eigenvalue weighted by molar-refractivity contribution is 0.0687. The van der Waals surface area contributed by atoms with Crippen LogP contribution in [0.1, 0.15) is 42.5 Å². The van der Waals surface area contributed by atoms with Crippen molar-refractivity contribution in [2.75, 3.05) is 44.7 Å². The molecule has 1 N–H and O–H groups in total. The molecule has 25 heavy (non-hydrogen) atoms. The number of carbonyl (C=O) groups excluding carboxylic acids is 1. The van der Waals surface area contributed by atoms with E-state index < -0.39 is 0 Å². The smallest absolute Gasteiger partial charge is 0.257 e. The van der Waals surface area contributed by atoms with Gasteiger partial charge < -0.3 is 15.1 Å². The second-order valence-electron chi connectivity index (χ2n) is 6.70. The first-order valence-electron chi connectivity index (χ1n) is 8.93. The summed E-state index contributed by atoms with van der Waals surface area (Å²) in [4.78, 5) is 21.7. The van der Waals surface area contributed by atoms with Gasteiger partial charge in [0.25, 0.3) is 5.91 Å². The first-order chi connectivity index (χ1) is 11.3. The van der Waals surface area contributed by atoms with E-state index in [1.807, 2.05) is 24.1 Å². The summed E-state index contributed by atoms with van der Waals surface area (Å²) in [6.45, 7) is 4.86. The highest BCUT2D eigenvalue weighted by molar-refractivity contribution is 5.99. The number of amides is 1. The zero-order chi connectivity index (χ0) is 16.1.